The first kappa shape index (κ1) is 14.2. The highest BCUT2D eigenvalue weighted by atomic mass is 79.9. The molecule has 2 N–H and O–H groups in total. The number of carbonyl (C=O) groups excluding carboxylic acids is 1. The van der Waals surface area contributed by atoms with E-state index >= 15 is 0 Å². The van der Waals surface area contributed by atoms with Crippen molar-refractivity contribution < 1.29 is 19.4 Å². The topological polar surface area (TPSA) is 75.6 Å². The fraction of sp³-hybridized carbons (Fsp3) is 0.778. The Morgan fingerprint density at radius 2 is 1.87 bits per heavy atom. The maximum atomic E-state index is 11.3. The Hall–Kier alpha value is -0.780. The van der Waals surface area contributed by atoms with Crippen LogP contribution in [0.3, 0.4) is 0 Å². The molecule has 2 atom stereocenters. The van der Waals surface area contributed by atoms with E-state index in [-0.39, 0.29) is 4.83 Å². The van der Waals surface area contributed by atoms with Crippen molar-refractivity contribution in [2.24, 2.45) is 0 Å². The average molecular weight is 282 g/mol. The van der Waals surface area contributed by atoms with Gasteiger partial charge in [-0.15, -0.1) is 0 Å². The second kappa shape index (κ2) is 5.34. The number of aliphatic carboxylic acids is 1. The number of carbonyl (C=O) groups is 2. The van der Waals surface area contributed by atoms with Crippen molar-refractivity contribution in [3.05, 3.63) is 0 Å². The molecule has 1 amide bonds. The number of rotatable bonds is 3. The fourth-order valence-corrected chi connectivity index (χ4v) is 1.17. The number of alkyl halides is 1. The quantitative estimate of drug-likeness (QED) is 0.773. The zero-order valence-corrected chi connectivity index (χ0v) is 10.8. The molecule has 5 nitrogen and oxygen atoms in total. The summed E-state index contributed by atoms with van der Waals surface area (Å²) in [5.74, 6) is -1.11. The summed E-state index contributed by atoms with van der Waals surface area (Å²) >= 11 is 3.10. The SMILES string of the molecule is C[C@@H](Br)[C@H](NC(=O)OC(C)(C)C)C(=O)O. The van der Waals surface area contributed by atoms with Crippen molar-refractivity contribution in [2.45, 2.75) is 44.2 Å². The van der Waals surface area contributed by atoms with Gasteiger partial charge in [0, 0.05) is 4.83 Å². The van der Waals surface area contributed by atoms with Crippen molar-refractivity contribution in [3.63, 3.8) is 0 Å². The van der Waals surface area contributed by atoms with E-state index in [1.807, 2.05) is 0 Å². The van der Waals surface area contributed by atoms with Crippen LogP contribution in [0.2, 0.25) is 0 Å². The summed E-state index contributed by atoms with van der Waals surface area (Å²) in [5, 5.41) is 11.1. The van der Waals surface area contributed by atoms with Gasteiger partial charge in [0.1, 0.15) is 11.6 Å². The zero-order valence-electron chi connectivity index (χ0n) is 9.20. The monoisotopic (exact) mass is 281 g/mol. The Balaban J connectivity index is 4.31. The molecule has 0 aromatic carbocycles. The van der Waals surface area contributed by atoms with E-state index in [0.29, 0.717) is 0 Å². The Labute approximate surface area is 97.3 Å². The predicted octanol–water partition coefficient (Wildman–Crippen LogP) is 1.75. The van der Waals surface area contributed by atoms with Crippen LogP contribution in [0.5, 0.6) is 0 Å². The fourth-order valence-electron chi connectivity index (χ4n) is 0.808. The second-order valence-electron chi connectivity index (χ2n) is 4.14. The van der Waals surface area contributed by atoms with E-state index < -0.39 is 23.7 Å². The first-order valence-corrected chi connectivity index (χ1v) is 5.41. The van der Waals surface area contributed by atoms with Crippen molar-refractivity contribution >= 4 is 28.0 Å². The van der Waals surface area contributed by atoms with Crippen LogP contribution in [-0.4, -0.2) is 33.6 Å². The molecule has 0 saturated carbocycles. The number of nitrogens with one attached hydrogen (secondary N) is 1. The van der Waals surface area contributed by atoms with Gasteiger partial charge in [-0.1, -0.05) is 22.9 Å². The van der Waals surface area contributed by atoms with Crippen LogP contribution in [0.4, 0.5) is 4.79 Å². The van der Waals surface area contributed by atoms with Gasteiger partial charge < -0.3 is 15.2 Å². The van der Waals surface area contributed by atoms with Gasteiger partial charge >= 0.3 is 12.1 Å². The number of hydrogen-bond donors (Lipinski definition) is 2. The van der Waals surface area contributed by atoms with Crippen molar-refractivity contribution in [1.29, 1.82) is 0 Å². The molecular weight excluding hydrogens is 266 g/mol. The van der Waals surface area contributed by atoms with E-state index in [4.69, 9.17) is 9.84 Å². The first-order valence-electron chi connectivity index (χ1n) is 4.50. The molecule has 0 aromatic rings. The van der Waals surface area contributed by atoms with Gasteiger partial charge in [0.05, 0.1) is 0 Å². The van der Waals surface area contributed by atoms with E-state index in [1.165, 1.54) is 0 Å². The average Bonchev–Trinajstić information content (AvgIpc) is 1.95. The highest BCUT2D eigenvalue weighted by Gasteiger charge is 2.27. The Bertz CT molecular complexity index is 247. The molecule has 0 aliphatic rings. The molecule has 88 valence electrons. The summed E-state index contributed by atoms with van der Waals surface area (Å²) in [7, 11) is 0. The van der Waals surface area contributed by atoms with Crippen LogP contribution >= 0.6 is 15.9 Å². The van der Waals surface area contributed by atoms with E-state index in [9.17, 15) is 9.59 Å². The van der Waals surface area contributed by atoms with Gasteiger partial charge in [-0.3, -0.25) is 0 Å². The summed E-state index contributed by atoms with van der Waals surface area (Å²) in [5.41, 5.74) is -0.636. The predicted molar refractivity (Wildman–Crippen MR) is 59.2 cm³/mol. The molecule has 0 aliphatic heterocycles. The molecule has 0 bridgehead atoms. The molecule has 0 saturated heterocycles. The summed E-state index contributed by atoms with van der Waals surface area (Å²) in [6, 6.07) is -1.00. The van der Waals surface area contributed by atoms with Gasteiger partial charge in [0.25, 0.3) is 0 Å². The molecule has 15 heavy (non-hydrogen) atoms. The van der Waals surface area contributed by atoms with Gasteiger partial charge in [0.15, 0.2) is 0 Å². The minimum Gasteiger partial charge on any atom is -0.480 e. The summed E-state index contributed by atoms with van der Waals surface area (Å²) < 4.78 is 4.93. The molecule has 0 fully saturated rings. The van der Waals surface area contributed by atoms with Crippen LogP contribution in [0.15, 0.2) is 0 Å². The molecule has 0 rings (SSSR count). The van der Waals surface area contributed by atoms with E-state index in [1.54, 1.807) is 27.7 Å². The third-order valence-corrected chi connectivity index (χ3v) is 1.93. The van der Waals surface area contributed by atoms with Crippen LogP contribution in [0.25, 0.3) is 0 Å². The molecule has 0 unspecified atom stereocenters. The number of carboxylic acids is 1. The molecular formula is C9H16BrNO4. The summed E-state index contributed by atoms with van der Waals surface area (Å²) in [4.78, 5) is 21.6. The van der Waals surface area contributed by atoms with E-state index in [2.05, 4.69) is 21.2 Å². The van der Waals surface area contributed by atoms with Gasteiger partial charge in [-0.05, 0) is 20.8 Å². The lowest BCUT2D eigenvalue weighted by atomic mass is 10.2. The molecule has 0 aliphatic carbocycles. The lowest BCUT2D eigenvalue weighted by Gasteiger charge is -2.22. The Morgan fingerprint density at radius 3 is 2.13 bits per heavy atom. The first-order chi connectivity index (χ1) is 6.63. The standard InChI is InChI=1S/C9H16BrNO4/c1-5(10)6(7(12)13)11-8(14)15-9(2,3)4/h5-6H,1-4H3,(H,11,14)(H,12,13)/t5-,6+/m1/s1. The van der Waals surface area contributed by atoms with Gasteiger partial charge in [-0.25, -0.2) is 9.59 Å². The van der Waals surface area contributed by atoms with Crippen LogP contribution in [0.1, 0.15) is 27.7 Å². The summed E-state index contributed by atoms with van der Waals surface area (Å²) in [6.45, 7) is 6.76. The highest BCUT2D eigenvalue weighted by molar-refractivity contribution is 9.09. The second-order valence-corrected chi connectivity index (χ2v) is 5.58. The van der Waals surface area contributed by atoms with Crippen molar-refractivity contribution in [2.75, 3.05) is 0 Å². The number of ether oxygens (including phenoxy) is 1. The van der Waals surface area contributed by atoms with Crippen molar-refractivity contribution in [3.8, 4) is 0 Å². The minimum absolute atomic E-state index is 0.373. The summed E-state index contributed by atoms with van der Waals surface area (Å²) in [6.07, 6.45) is -0.735. The molecule has 0 heterocycles. The molecule has 0 radical (unpaired) electrons. The Kier molecular flexibility index (Phi) is 5.07. The maximum Gasteiger partial charge on any atom is 0.408 e. The van der Waals surface area contributed by atoms with E-state index in [0.717, 1.165) is 0 Å². The third-order valence-electron chi connectivity index (χ3n) is 1.40. The number of carboxylic acid groups (broad SMARTS) is 1. The molecule has 0 aromatic heterocycles. The zero-order chi connectivity index (χ0) is 12.2. The van der Waals surface area contributed by atoms with Crippen LogP contribution < -0.4 is 5.32 Å². The third kappa shape index (κ3) is 6.33. The van der Waals surface area contributed by atoms with Gasteiger partial charge in [-0.2, -0.15) is 0 Å². The number of halogens is 1. The normalized spacial score (nSPS) is 15.3. The lowest BCUT2D eigenvalue weighted by Crippen LogP contribution is -2.47. The smallest absolute Gasteiger partial charge is 0.408 e. The Morgan fingerprint density at radius 1 is 1.40 bits per heavy atom. The van der Waals surface area contributed by atoms with Gasteiger partial charge in [0.2, 0.25) is 0 Å². The minimum atomic E-state index is -1.11. The molecule has 6 heteroatoms. The van der Waals surface area contributed by atoms with Crippen molar-refractivity contribution in [1.82, 2.24) is 5.32 Å². The number of amides is 1. The van der Waals surface area contributed by atoms with Crippen LogP contribution in [-0.2, 0) is 9.53 Å². The highest BCUT2D eigenvalue weighted by Crippen LogP contribution is 2.09. The van der Waals surface area contributed by atoms with Crippen LogP contribution in [0, 0.1) is 0 Å². The molecule has 0 spiro atoms. The maximum absolute atomic E-state index is 11.3. The number of alkyl carbamates (subject to hydrolysis) is 1. The lowest BCUT2D eigenvalue weighted by molar-refractivity contribution is -0.139. The number of hydrogen-bond acceptors (Lipinski definition) is 3. The largest absolute Gasteiger partial charge is 0.480 e.